The lowest BCUT2D eigenvalue weighted by molar-refractivity contribution is -0.132. The first-order valence-electron chi connectivity index (χ1n) is 8.19. The van der Waals surface area contributed by atoms with Crippen molar-refractivity contribution in [2.75, 3.05) is 26.1 Å². The topological polar surface area (TPSA) is 44.8 Å². The van der Waals surface area contributed by atoms with Crippen LogP contribution in [0, 0.1) is 0 Å². The van der Waals surface area contributed by atoms with Gasteiger partial charge in [-0.15, -0.1) is 0 Å². The van der Waals surface area contributed by atoms with Crippen molar-refractivity contribution in [1.82, 2.24) is 10.4 Å². The summed E-state index contributed by atoms with van der Waals surface area (Å²) in [5.74, 6) is 0.781. The molecule has 0 aliphatic carbocycles. The summed E-state index contributed by atoms with van der Waals surface area (Å²) < 4.78 is 5.20. The molecule has 1 N–H and O–H groups in total. The van der Waals surface area contributed by atoms with E-state index in [1.54, 1.807) is 19.0 Å². The maximum Gasteiger partial charge on any atom is 0.238 e. The van der Waals surface area contributed by atoms with Gasteiger partial charge in [0.1, 0.15) is 5.75 Å². The summed E-state index contributed by atoms with van der Waals surface area (Å²) >= 11 is 0. The highest BCUT2D eigenvalue weighted by Gasteiger charge is 2.28. The number of rotatable bonds is 4. The van der Waals surface area contributed by atoms with E-state index >= 15 is 0 Å². The Bertz CT molecular complexity index is 780. The van der Waals surface area contributed by atoms with Crippen LogP contribution in [-0.4, -0.2) is 32.1 Å². The second-order valence-corrected chi connectivity index (χ2v) is 6.24. The van der Waals surface area contributed by atoms with Crippen LogP contribution in [0.25, 0.3) is 5.70 Å². The van der Waals surface area contributed by atoms with Crippen LogP contribution >= 0.6 is 0 Å². The Morgan fingerprint density at radius 2 is 1.72 bits per heavy atom. The van der Waals surface area contributed by atoms with Crippen molar-refractivity contribution >= 4 is 17.3 Å². The third-order valence-electron chi connectivity index (χ3n) is 4.33. The van der Waals surface area contributed by atoms with E-state index in [4.69, 9.17) is 4.74 Å². The first kappa shape index (κ1) is 16.9. The molecule has 1 aliphatic rings. The molecule has 5 nitrogen and oxygen atoms in total. The van der Waals surface area contributed by atoms with Gasteiger partial charge in [0.05, 0.1) is 18.8 Å². The molecule has 0 saturated heterocycles. The molecule has 1 heterocycles. The Morgan fingerprint density at radius 1 is 1.08 bits per heavy atom. The van der Waals surface area contributed by atoms with Gasteiger partial charge in [0.15, 0.2) is 0 Å². The van der Waals surface area contributed by atoms with Crippen LogP contribution < -0.4 is 15.1 Å². The van der Waals surface area contributed by atoms with E-state index in [9.17, 15) is 4.79 Å². The van der Waals surface area contributed by atoms with Gasteiger partial charge in [0, 0.05) is 26.7 Å². The fraction of sp³-hybridized carbons (Fsp3) is 0.250. The predicted molar refractivity (Wildman–Crippen MR) is 100 cm³/mol. The van der Waals surface area contributed by atoms with Crippen molar-refractivity contribution in [1.29, 1.82) is 0 Å². The van der Waals surface area contributed by atoms with Gasteiger partial charge in [-0.2, -0.15) is 0 Å². The zero-order valence-corrected chi connectivity index (χ0v) is 15.0. The number of methoxy groups -OCH3 is 1. The number of hydrazine groups is 1. The number of ether oxygens (including phenoxy) is 1. The van der Waals surface area contributed by atoms with E-state index in [1.807, 2.05) is 38.4 Å². The van der Waals surface area contributed by atoms with Gasteiger partial charge < -0.3 is 9.64 Å². The molecule has 2 aromatic carbocycles. The molecular formula is C20H23N3O2. The van der Waals surface area contributed by atoms with E-state index < -0.39 is 0 Å². The third-order valence-corrected chi connectivity index (χ3v) is 4.33. The highest BCUT2D eigenvalue weighted by Crippen LogP contribution is 2.32. The fourth-order valence-corrected chi connectivity index (χ4v) is 2.89. The summed E-state index contributed by atoms with van der Waals surface area (Å²) in [4.78, 5) is 14.1. The highest BCUT2D eigenvalue weighted by atomic mass is 16.5. The number of nitrogens with zero attached hydrogens (tertiary/aromatic N) is 2. The van der Waals surface area contributed by atoms with E-state index in [1.165, 1.54) is 0 Å². The standard InChI is InChI=1S/C20H23N3O2/c1-14(24)23-20(16-5-9-17(10-6-16)22(2)3)13-19(21-23)15-7-11-18(25-4)12-8-15/h5-13,20-21H,1-4H3. The first-order valence-corrected chi connectivity index (χ1v) is 8.19. The third kappa shape index (κ3) is 3.45. The van der Waals surface area contributed by atoms with Crippen molar-refractivity contribution in [2.24, 2.45) is 0 Å². The number of anilines is 1. The van der Waals surface area contributed by atoms with Gasteiger partial charge in [-0.3, -0.25) is 10.2 Å². The molecule has 1 unspecified atom stereocenters. The second-order valence-electron chi connectivity index (χ2n) is 6.24. The minimum Gasteiger partial charge on any atom is -0.497 e. The number of carbonyl (C=O) groups is 1. The lowest BCUT2D eigenvalue weighted by Crippen LogP contribution is -2.37. The molecule has 0 saturated carbocycles. The van der Waals surface area contributed by atoms with Gasteiger partial charge in [0.2, 0.25) is 5.91 Å². The molecular weight excluding hydrogens is 314 g/mol. The molecule has 1 aliphatic heterocycles. The summed E-state index contributed by atoms with van der Waals surface area (Å²) in [6.07, 6.45) is 2.08. The lowest BCUT2D eigenvalue weighted by Gasteiger charge is -2.24. The molecule has 0 fully saturated rings. The molecule has 130 valence electrons. The van der Waals surface area contributed by atoms with Crippen molar-refractivity contribution in [2.45, 2.75) is 13.0 Å². The predicted octanol–water partition coefficient (Wildman–Crippen LogP) is 3.21. The zero-order valence-electron chi connectivity index (χ0n) is 15.0. The largest absolute Gasteiger partial charge is 0.497 e. The molecule has 5 heteroatoms. The minimum absolute atomic E-state index is 0.0264. The van der Waals surface area contributed by atoms with Crippen molar-refractivity contribution in [3.63, 3.8) is 0 Å². The number of benzene rings is 2. The average molecular weight is 337 g/mol. The number of hydrogen-bond acceptors (Lipinski definition) is 4. The molecule has 25 heavy (non-hydrogen) atoms. The Morgan fingerprint density at radius 3 is 2.24 bits per heavy atom. The number of nitrogens with one attached hydrogen (secondary N) is 1. The zero-order chi connectivity index (χ0) is 18.0. The number of hydrogen-bond donors (Lipinski definition) is 1. The van der Waals surface area contributed by atoms with Crippen LogP contribution in [0.3, 0.4) is 0 Å². The highest BCUT2D eigenvalue weighted by molar-refractivity contribution is 5.79. The van der Waals surface area contributed by atoms with E-state index in [2.05, 4.69) is 40.7 Å². The van der Waals surface area contributed by atoms with Gasteiger partial charge in [0.25, 0.3) is 0 Å². The fourth-order valence-electron chi connectivity index (χ4n) is 2.89. The van der Waals surface area contributed by atoms with Crippen molar-refractivity contribution < 1.29 is 9.53 Å². The molecule has 1 atom stereocenters. The Balaban J connectivity index is 1.91. The van der Waals surface area contributed by atoms with Gasteiger partial charge in [-0.05, 0) is 53.6 Å². The normalized spacial score (nSPS) is 16.2. The monoisotopic (exact) mass is 337 g/mol. The van der Waals surface area contributed by atoms with Crippen LogP contribution in [0.15, 0.2) is 54.6 Å². The van der Waals surface area contributed by atoms with E-state index in [-0.39, 0.29) is 11.9 Å². The van der Waals surface area contributed by atoms with Crippen LogP contribution in [0.5, 0.6) is 5.75 Å². The Kier molecular flexibility index (Phi) is 4.65. The number of amides is 1. The maximum absolute atomic E-state index is 12.1. The van der Waals surface area contributed by atoms with Crippen molar-refractivity contribution in [3.05, 3.63) is 65.7 Å². The Labute approximate surface area is 148 Å². The maximum atomic E-state index is 12.1. The molecule has 0 bridgehead atoms. The van der Waals surface area contributed by atoms with E-state index in [0.717, 1.165) is 28.3 Å². The summed E-state index contributed by atoms with van der Waals surface area (Å²) in [6.45, 7) is 1.57. The van der Waals surface area contributed by atoms with Crippen LogP contribution in [0.1, 0.15) is 24.1 Å². The summed E-state index contributed by atoms with van der Waals surface area (Å²) in [6, 6.07) is 15.9. The van der Waals surface area contributed by atoms with Gasteiger partial charge in [-0.1, -0.05) is 12.1 Å². The van der Waals surface area contributed by atoms with Crippen molar-refractivity contribution in [3.8, 4) is 5.75 Å². The van der Waals surface area contributed by atoms with E-state index in [0.29, 0.717) is 0 Å². The van der Waals surface area contributed by atoms with Crippen LogP contribution in [0.4, 0.5) is 5.69 Å². The molecule has 0 aromatic heterocycles. The molecule has 2 aromatic rings. The Hall–Kier alpha value is -2.95. The summed E-state index contributed by atoms with van der Waals surface area (Å²) in [7, 11) is 5.67. The molecule has 0 spiro atoms. The first-order chi connectivity index (χ1) is 12.0. The van der Waals surface area contributed by atoms with Crippen LogP contribution in [0.2, 0.25) is 0 Å². The minimum atomic E-state index is -0.134. The van der Waals surface area contributed by atoms with Crippen LogP contribution in [-0.2, 0) is 4.79 Å². The second kappa shape index (κ2) is 6.89. The average Bonchev–Trinajstić information content (AvgIpc) is 3.07. The summed E-state index contributed by atoms with van der Waals surface area (Å²) in [5, 5.41) is 1.66. The molecule has 1 amide bonds. The lowest BCUT2D eigenvalue weighted by atomic mass is 10.0. The smallest absolute Gasteiger partial charge is 0.238 e. The van der Waals surface area contributed by atoms with Gasteiger partial charge >= 0.3 is 0 Å². The quantitative estimate of drug-likeness (QED) is 0.930. The molecule has 0 radical (unpaired) electrons. The number of carbonyl (C=O) groups excluding carboxylic acids is 1. The van der Waals surface area contributed by atoms with Gasteiger partial charge in [-0.25, -0.2) is 5.01 Å². The summed E-state index contributed by atoms with van der Waals surface area (Å²) in [5.41, 5.74) is 7.35. The molecule has 3 rings (SSSR count). The SMILES string of the molecule is COc1ccc(C2=CC(c3ccc(N(C)C)cc3)N(C(C)=O)N2)cc1.